The summed E-state index contributed by atoms with van der Waals surface area (Å²) in [6, 6.07) is 10.4. The van der Waals surface area contributed by atoms with Crippen LogP contribution in [-0.4, -0.2) is 23.8 Å². The smallest absolute Gasteiger partial charge is 0.0789 e. The maximum Gasteiger partial charge on any atom is 0.0789 e. The van der Waals surface area contributed by atoms with Crippen molar-refractivity contribution in [2.75, 3.05) is 13.1 Å². The van der Waals surface area contributed by atoms with Gasteiger partial charge >= 0.3 is 0 Å². The SMILES string of the molecule is CC(CC1(O)CCNC1)c1ccccc1. The van der Waals surface area contributed by atoms with Crippen LogP contribution < -0.4 is 5.32 Å². The third kappa shape index (κ3) is 2.58. The third-order valence-corrected chi connectivity index (χ3v) is 3.28. The van der Waals surface area contributed by atoms with Crippen LogP contribution in [0.25, 0.3) is 0 Å². The quantitative estimate of drug-likeness (QED) is 0.790. The van der Waals surface area contributed by atoms with Crippen LogP contribution in [-0.2, 0) is 0 Å². The van der Waals surface area contributed by atoms with E-state index in [1.165, 1.54) is 5.56 Å². The van der Waals surface area contributed by atoms with Crippen LogP contribution in [0.2, 0.25) is 0 Å². The van der Waals surface area contributed by atoms with Gasteiger partial charge in [0.1, 0.15) is 0 Å². The molecule has 2 N–H and O–H groups in total. The number of hydrogen-bond donors (Lipinski definition) is 2. The molecule has 1 aromatic rings. The zero-order valence-corrected chi connectivity index (χ0v) is 9.24. The van der Waals surface area contributed by atoms with Gasteiger partial charge in [-0.25, -0.2) is 0 Å². The molecule has 2 heteroatoms. The van der Waals surface area contributed by atoms with Crippen LogP contribution in [0.15, 0.2) is 30.3 Å². The summed E-state index contributed by atoms with van der Waals surface area (Å²) in [4.78, 5) is 0. The molecule has 1 saturated heterocycles. The first kappa shape index (κ1) is 10.7. The van der Waals surface area contributed by atoms with E-state index in [-0.39, 0.29) is 0 Å². The predicted molar refractivity (Wildman–Crippen MR) is 61.9 cm³/mol. The van der Waals surface area contributed by atoms with Crippen molar-refractivity contribution in [2.45, 2.75) is 31.3 Å². The number of rotatable bonds is 3. The van der Waals surface area contributed by atoms with Crippen LogP contribution >= 0.6 is 0 Å². The maximum absolute atomic E-state index is 10.3. The molecule has 1 aliphatic heterocycles. The number of nitrogens with one attached hydrogen (secondary N) is 1. The van der Waals surface area contributed by atoms with Crippen molar-refractivity contribution in [1.82, 2.24) is 5.32 Å². The van der Waals surface area contributed by atoms with Crippen molar-refractivity contribution in [1.29, 1.82) is 0 Å². The summed E-state index contributed by atoms with van der Waals surface area (Å²) in [5, 5.41) is 13.5. The van der Waals surface area contributed by atoms with E-state index in [9.17, 15) is 5.11 Å². The Morgan fingerprint density at radius 1 is 1.40 bits per heavy atom. The first-order valence-electron chi connectivity index (χ1n) is 5.68. The Morgan fingerprint density at radius 3 is 2.73 bits per heavy atom. The molecule has 1 fully saturated rings. The van der Waals surface area contributed by atoms with Crippen LogP contribution in [0.4, 0.5) is 0 Å². The van der Waals surface area contributed by atoms with Gasteiger partial charge in [-0.1, -0.05) is 37.3 Å². The summed E-state index contributed by atoms with van der Waals surface area (Å²) in [5.41, 5.74) is 0.827. The van der Waals surface area contributed by atoms with E-state index < -0.39 is 5.60 Å². The molecule has 0 amide bonds. The molecule has 2 nitrogen and oxygen atoms in total. The van der Waals surface area contributed by atoms with Gasteiger partial charge in [0.15, 0.2) is 0 Å². The van der Waals surface area contributed by atoms with Crippen molar-refractivity contribution < 1.29 is 5.11 Å². The van der Waals surface area contributed by atoms with Gasteiger partial charge in [0.05, 0.1) is 5.60 Å². The number of hydrogen-bond acceptors (Lipinski definition) is 2. The zero-order chi connectivity index (χ0) is 10.7. The largest absolute Gasteiger partial charge is 0.388 e. The molecule has 1 aromatic carbocycles. The number of aliphatic hydroxyl groups is 1. The minimum absolute atomic E-state index is 0.427. The first-order valence-corrected chi connectivity index (χ1v) is 5.68. The van der Waals surface area contributed by atoms with E-state index in [0.29, 0.717) is 5.92 Å². The standard InChI is InChI=1S/C13H19NO/c1-11(12-5-3-2-4-6-12)9-13(15)7-8-14-10-13/h2-6,11,14-15H,7-10H2,1H3. The zero-order valence-electron chi connectivity index (χ0n) is 9.24. The Hall–Kier alpha value is -0.860. The average Bonchev–Trinajstić information content (AvgIpc) is 2.66. The lowest BCUT2D eigenvalue weighted by atomic mass is 9.86. The van der Waals surface area contributed by atoms with E-state index in [0.717, 1.165) is 25.9 Å². The summed E-state index contributed by atoms with van der Waals surface area (Å²) in [6.07, 6.45) is 1.73. The Balaban J connectivity index is 2.00. The van der Waals surface area contributed by atoms with Gasteiger partial charge < -0.3 is 10.4 Å². The third-order valence-electron chi connectivity index (χ3n) is 3.28. The molecular formula is C13H19NO. The highest BCUT2D eigenvalue weighted by Gasteiger charge is 2.32. The molecule has 82 valence electrons. The molecule has 2 unspecified atom stereocenters. The van der Waals surface area contributed by atoms with E-state index in [1.807, 2.05) is 6.07 Å². The van der Waals surface area contributed by atoms with E-state index in [4.69, 9.17) is 0 Å². The van der Waals surface area contributed by atoms with E-state index >= 15 is 0 Å². The molecule has 15 heavy (non-hydrogen) atoms. The highest BCUT2D eigenvalue weighted by molar-refractivity contribution is 5.19. The van der Waals surface area contributed by atoms with Crippen molar-refractivity contribution in [3.8, 4) is 0 Å². The fourth-order valence-corrected chi connectivity index (χ4v) is 2.37. The monoisotopic (exact) mass is 205 g/mol. The summed E-state index contributed by atoms with van der Waals surface area (Å²) < 4.78 is 0. The molecule has 0 spiro atoms. The van der Waals surface area contributed by atoms with Crippen molar-refractivity contribution in [3.05, 3.63) is 35.9 Å². The second-order valence-corrected chi connectivity index (χ2v) is 4.67. The Morgan fingerprint density at radius 2 is 2.13 bits per heavy atom. The van der Waals surface area contributed by atoms with Gasteiger partial charge in [0.25, 0.3) is 0 Å². The van der Waals surface area contributed by atoms with Gasteiger partial charge in [-0.05, 0) is 30.9 Å². The summed E-state index contributed by atoms with van der Waals surface area (Å²) >= 11 is 0. The fraction of sp³-hybridized carbons (Fsp3) is 0.538. The first-order chi connectivity index (χ1) is 7.20. The van der Waals surface area contributed by atoms with Crippen molar-refractivity contribution >= 4 is 0 Å². The van der Waals surface area contributed by atoms with Gasteiger partial charge in [0, 0.05) is 6.54 Å². The van der Waals surface area contributed by atoms with Gasteiger partial charge in [-0.3, -0.25) is 0 Å². The number of benzene rings is 1. The minimum atomic E-state index is -0.491. The van der Waals surface area contributed by atoms with Crippen LogP contribution in [0.5, 0.6) is 0 Å². The highest BCUT2D eigenvalue weighted by atomic mass is 16.3. The highest BCUT2D eigenvalue weighted by Crippen LogP contribution is 2.29. The lowest BCUT2D eigenvalue weighted by Crippen LogP contribution is -2.32. The Labute approximate surface area is 91.3 Å². The lowest BCUT2D eigenvalue weighted by molar-refractivity contribution is 0.0463. The van der Waals surface area contributed by atoms with E-state index in [1.54, 1.807) is 0 Å². The Bertz CT molecular complexity index is 304. The molecule has 0 bridgehead atoms. The average molecular weight is 205 g/mol. The normalized spacial score (nSPS) is 27.9. The molecule has 1 heterocycles. The van der Waals surface area contributed by atoms with Crippen molar-refractivity contribution in [2.24, 2.45) is 0 Å². The van der Waals surface area contributed by atoms with Gasteiger partial charge in [-0.2, -0.15) is 0 Å². The molecular weight excluding hydrogens is 186 g/mol. The predicted octanol–water partition coefficient (Wildman–Crippen LogP) is 1.90. The number of β-amino-alcohol motifs (C(OH)–C–C–N with tert-alkyl or cyclic N) is 1. The summed E-state index contributed by atoms with van der Waals surface area (Å²) in [5.74, 6) is 0.427. The van der Waals surface area contributed by atoms with Crippen molar-refractivity contribution in [3.63, 3.8) is 0 Å². The molecule has 0 saturated carbocycles. The fourth-order valence-electron chi connectivity index (χ4n) is 2.37. The molecule has 0 aliphatic carbocycles. The lowest BCUT2D eigenvalue weighted by Gasteiger charge is -2.25. The topological polar surface area (TPSA) is 32.3 Å². The molecule has 0 radical (unpaired) electrons. The second-order valence-electron chi connectivity index (χ2n) is 4.67. The summed E-state index contributed by atoms with van der Waals surface area (Å²) in [7, 11) is 0. The second kappa shape index (κ2) is 4.33. The molecule has 1 aliphatic rings. The minimum Gasteiger partial charge on any atom is -0.388 e. The maximum atomic E-state index is 10.3. The van der Waals surface area contributed by atoms with Crippen LogP contribution in [0, 0.1) is 0 Å². The van der Waals surface area contributed by atoms with Gasteiger partial charge in [-0.15, -0.1) is 0 Å². The molecule has 2 rings (SSSR count). The van der Waals surface area contributed by atoms with E-state index in [2.05, 4.69) is 36.5 Å². The Kier molecular flexibility index (Phi) is 3.08. The van der Waals surface area contributed by atoms with Crippen LogP contribution in [0.3, 0.4) is 0 Å². The summed E-state index contributed by atoms with van der Waals surface area (Å²) in [6.45, 7) is 3.87. The molecule has 2 atom stereocenters. The van der Waals surface area contributed by atoms with Crippen LogP contribution in [0.1, 0.15) is 31.2 Å². The molecule has 0 aromatic heterocycles. The van der Waals surface area contributed by atoms with Gasteiger partial charge in [0.2, 0.25) is 0 Å².